The van der Waals surface area contributed by atoms with Crippen molar-refractivity contribution in [3.05, 3.63) is 59.5 Å². The second kappa shape index (κ2) is 7.97. The van der Waals surface area contributed by atoms with Crippen LogP contribution in [-0.4, -0.2) is 25.1 Å². The van der Waals surface area contributed by atoms with Crippen molar-refractivity contribution in [3.8, 4) is 5.88 Å². The first-order valence-electron chi connectivity index (χ1n) is 6.90. The monoisotopic (exact) mass is 302 g/mol. The highest BCUT2D eigenvalue weighted by Gasteiger charge is 2.01. The second-order valence-electron chi connectivity index (χ2n) is 4.58. The van der Waals surface area contributed by atoms with E-state index in [0.29, 0.717) is 24.9 Å². The Balaban J connectivity index is 1.85. The number of hydrogen-bond acceptors (Lipinski definition) is 3. The van der Waals surface area contributed by atoms with Crippen LogP contribution in [0.4, 0.5) is 4.39 Å². The van der Waals surface area contributed by atoms with Crippen LogP contribution >= 0.6 is 0 Å². The molecule has 0 fully saturated rings. The quantitative estimate of drug-likeness (QED) is 0.656. The van der Waals surface area contributed by atoms with E-state index in [1.54, 1.807) is 32.4 Å². The molecular weight excluding hydrogens is 283 g/mol. The van der Waals surface area contributed by atoms with Gasteiger partial charge in [-0.15, -0.1) is 0 Å². The fourth-order valence-corrected chi connectivity index (χ4v) is 1.85. The molecule has 1 aromatic heterocycles. The van der Waals surface area contributed by atoms with Gasteiger partial charge in [-0.3, -0.25) is 4.99 Å². The molecule has 116 valence electrons. The molecule has 0 amide bonds. The van der Waals surface area contributed by atoms with E-state index < -0.39 is 0 Å². The zero-order chi connectivity index (χ0) is 15.8. The molecule has 0 spiro atoms. The van der Waals surface area contributed by atoms with Gasteiger partial charge in [0.1, 0.15) is 5.82 Å². The molecule has 5 nitrogen and oxygen atoms in total. The molecule has 1 heterocycles. The highest BCUT2D eigenvalue weighted by atomic mass is 19.1. The summed E-state index contributed by atoms with van der Waals surface area (Å²) in [6.45, 7) is 1.09. The Kier molecular flexibility index (Phi) is 5.71. The highest BCUT2D eigenvalue weighted by molar-refractivity contribution is 5.79. The van der Waals surface area contributed by atoms with Gasteiger partial charge >= 0.3 is 0 Å². The molecule has 0 bridgehead atoms. The minimum absolute atomic E-state index is 0.240. The van der Waals surface area contributed by atoms with Crippen LogP contribution in [0.3, 0.4) is 0 Å². The number of nitrogens with zero attached hydrogens (tertiary/aromatic N) is 2. The molecule has 0 atom stereocenters. The molecular formula is C16H19FN4O. The number of guanidine groups is 1. The zero-order valence-electron chi connectivity index (χ0n) is 12.6. The third-order valence-electron chi connectivity index (χ3n) is 3.02. The minimum Gasteiger partial charge on any atom is -0.481 e. The molecule has 0 aliphatic rings. The lowest BCUT2D eigenvalue weighted by Gasteiger charge is -2.12. The van der Waals surface area contributed by atoms with Gasteiger partial charge in [0.25, 0.3) is 0 Å². The zero-order valence-corrected chi connectivity index (χ0v) is 12.6. The number of aliphatic imine (C=N–C) groups is 1. The summed E-state index contributed by atoms with van der Waals surface area (Å²) >= 11 is 0. The SMILES string of the molecule is CN=C(NCc1ccc(F)cc1)NCc1cccc(OC)n1. The first kappa shape index (κ1) is 15.8. The fraction of sp³-hybridized carbons (Fsp3) is 0.250. The van der Waals surface area contributed by atoms with E-state index in [0.717, 1.165) is 11.3 Å². The summed E-state index contributed by atoms with van der Waals surface area (Å²) in [4.78, 5) is 8.46. The number of methoxy groups -OCH3 is 1. The van der Waals surface area contributed by atoms with Crippen molar-refractivity contribution in [3.63, 3.8) is 0 Å². The maximum Gasteiger partial charge on any atom is 0.213 e. The number of pyridine rings is 1. The first-order valence-corrected chi connectivity index (χ1v) is 6.90. The number of benzene rings is 1. The number of aromatic nitrogens is 1. The van der Waals surface area contributed by atoms with Gasteiger partial charge in [0.05, 0.1) is 19.3 Å². The Morgan fingerprint density at radius 3 is 2.55 bits per heavy atom. The topological polar surface area (TPSA) is 58.5 Å². The van der Waals surface area contributed by atoms with Gasteiger partial charge in [-0.1, -0.05) is 18.2 Å². The van der Waals surface area contributed by atoms with Gasteiger partial charge in [0.15, 0.2) is 5.96 Å². The Hall–Kier alpha value is -2.63. The molecule has 2 N–H and O–H groups in total. The molecule has 6 heteroatoms. The summed E-state index contributed by atoms with van der Waals surface area (Å²) in [7, 11) is 3.28. The van der Waals surface area contributed by atoms with Crippen LogP contribution in [0.1, 0.15) is 11.3 Å². The Bertz CT molecular complexity index is 628. The van der Waals surface area contributed by atoms with Gasteiger partial charge < -0.3 is 15.4 Å². The number of ether oxygens (including phenoxy) is 1. The second-order valence-corrected chi connectivity index (χ2v) is 4.58. The van der Waals surface area contributed by atoms with Crippen molar-refractivity contribution >= 4 is 5.96 Å². The predicted molar refractivity (Wildman–Crippen MR) is 84.2 cm³/mol. The smallest absolute Gasteiger partial charge is 0.213 e. The van der Waals surface area contributed by atoms with Crippen molar-refractivity contribution in [2.24, 2.45) is 4.99 Å². The average molecular weight is 302 g/mol. The van der Waals surface area contributed by atoms with E-state index >= 15 is 0 Å². The fourth-order valence-electron chi connectivity index (χ4n) is 1.85. The van der Waals surface area contributed by atoms with Crippen molar-refractivity contribution in [2.75, 3.05) is 14.2 Å². The maximum absolute atomic E-state index is 12.8. The molecule has 0 radical (unpaired) electrons. The van der Waals surface area contributed by atoms with Crippen molar-refractivity contribution in [2.45, 2.75) is 13.1 Å². The first-order chi connectivity index (χ1) is 10.7. The molecule has 1 aromatic carbocycles. The molecule has 2 rings (SSSR count). The number of nitrogens with one attached hydrogen (secondary N) is 2. The van der Waals surface area contributed by atoms with Crippen molar-refractivity contribution in [1.29, 1.82) is 0 Å². The van der Waals surface area contributed by atoms with Gasteiger partial charge in [-0.05, 0) is 23.8 Å². The van der Waals surface area contributed by atoms with E-state index in [-0.39, 0.29) is 5.82 Å². The van der Waals surface area contributed by atoms with Crippen LogP contribution < -0.4 is 15.4 Å². The van der Waals surface area contributed by atoms with Crippen LogP contribution in [0.5, 0.6) is 5.88 Å². The maximum atomic E-state index is 12.8. The van der Waals surface area contributed by atoms with E-state index in [4.69, 9.17) is 4.74 Å². The lowest BCUT2D eigenvalue weighted by atomic mass is 10.2. The number of hydrogen-bond donors (Lipinski definition) is 2. The van der Waals surface area contributed by atoms with E-state index in [2.05, 4.69) is 20.6 Å². The summed E-state index contributed by atoms with van der Waals surface area (Å²) in [5, 5.41) is 6.33. The van der Waals surface area contributed by atoms with Gasteiger partial charge in [0.2, 0.25) is 5.88 Å². The van der Waals surface area contributed by atoms with Crippen LogP contribution in [-0.2, 0) is 13.1 Å². The van der Waals surface area contributed by atoms with Gasteiger partial charge in [-0.25, -0.2) is 9.37 Å². The van der Waals surface area contributed by atoms with Crippen molar-refractivity contribution in [1.82, 2.24) is 15.6 Å². The number of halogens is 1. The van der Waals surface area contributed by atoms with Crippen LogP contribution in [0, 0.1) is 5.82 Å². The molecule has 0 aliphatic carbocycles. The number of rotatable bonds is 5. The van der Waals surface area contributed by atoms with Crippen LogP contribution in [0.15, 0.2) is 47.5 Å². The largest absolute Gasteiger partial charge is 0.481 e. The van der Waals surface area contributed by atoms with Crippen molar-refractivity contribution < 1.29 is 9.13 Å². The summed E-state index contributed by atoms with van der Waals surface area (Å²) in [6.07, 6.45) is 0. The van der Waals surface area contributed by atoms with E-state index in [1.165, 1.54) is 12.1 Å². The Morgan fingerprint density at radius 1 is 1.14 bits per heavy atom. The predicted octanol–water partition coefficient (Wildman–Crippen LogP) is 2.09. The standard InChI is InChI=1S/C16H19FN4O/c1-18-16(19-10-12-6-8-13(17)9-7-12)20-11-14-4-3-5-15(21-14)22-2/h3-9H,10-11H2,1-2H3,(H2,18,19,20). The molecule has 0 aliphatic heterocycles. The molecule has 0 unspecified atom stereocenters. The van der Waals surface area contributed by atoms with Gasteiger partial charge in [-0.2, -0.15) is 0 Å². The third-order valence-corrected chi connectivity index (χ3v) is 3.02. The average Bonchev–Trinajstić information content (AvgIpc) is 2.57. The minimum atomic E-state index is -0.240. The normalized spacial score (nSPS) is 11.1. The van der Waals surface area contributed by atoms with E-state index in [1.807, 2.05) is 12.1 Å². The summed E-state index contributed by atoms with van der Waals surface area (Å²) in [5.41, 5.74) is 1.83. The summed E-state index contributed by atoms with van der Waals surface area (Å²) in [5.74, 6) is 0.984. The summed E-state index contributed by atoms with van der Waals surface area (Å²) in [6, 6.07) is 11.9. The van der Waals surface area contributed by atoms with Crippen LogP contribution in [0.2, 0.25) is 0 Å². The summed E-state index contributed by atoms with van der Waals surface area (Å²) < 4.78 is 17.9. The molecule has 0 saturated carbocycles. The van der Waals surface area contributed by atoms with Gasteiger partial charge in [0, 0.05) is 19.7 Å². The third kappa shape index (κ3) is 4.73. The van der Waals surface area contributed by atoms with E-state index in [9.17, 15) is 4.39 Å². The molecule has 0 saturated heterocycles. The Morgan fingerprint density at radius 2 is 1.86 bits per heavy atom. The lowest BCUT2D eigenvalue weighted by Crippen LogP contribution is -2.36. The molecule has 22 heavy (non-hydrogen) atoms. The van der Waals surface area contributed by atoms with Crippen LogP contribution in [0.25, 0.3) is 0 Å². The lowest BCUT2D eigenvalue weighted by molar-refractivity contribution is 0.396. The Labute approximate surface area is 129 Å². The highest BCUT2D eigenvalue weighted by Crippen LogP contribution is 2.06. The molecule has 2 aromatic rings.